The van der Waals surface area contributed by atoms with Crippen molar-refractivity contribution in [3.05, 3.63) is 54.1 Å². The second-order valence-electron chi connectivity index (χ2n) is 5.17. The summed E-state index contributed by atoms with van der Waals surface area (Å²) in [6.45, 7) is 10.6. The normalized spacial score (nSPS) is 11.9. The average Bonchev–Trinajstić information content (AvgIpc) is 2.45. The van der Waals surface area contributed by atoms with E-state index in [9.17, 15) is 0 Å². The summed E-state index contributed by atoms with van der Waals surface area (Å²) in [5.41, 5.74) is 4.02. The van der Waals surface area contributed by atoms with Gasteiger partial charge in [-0.2, -0.15) is 0 Å². The molecule has 1 aromatic rings. The minimum atomic E-state index is 0.728. The van der Waals surface area contributed by atoms with Gasteiger partial charge in [0.05, 0.1) is 0 Å². The maximum Gasteiger partial charge on any atom is -0.0162 e. The quantitative estimate of drug-likeness (QED) is 0.475. The highest BCUT2D eigenvalue weighted by Gasteiger charge is 2.09. The van der Waals surface area contributed by atoms with Crippen LogP contribution >= 0.6 is 0 Å². The van der Waals surface area contributed by atoms with Crippen molar-refractivity contribution < 1.29 is 0 Å². The van der Waals surface area contributed by atoms with E-state index in [4.69, 9.17) is 0 Å². The van der Waals surface area contributed by atoms with Crippen molar-refractivity contribution in [2.75, 3.05) is 0 Å². The van der Waals surface area contributed by atoms with Crippen LogP contribution in [0.2, 0.25) is 0 Å². The third-order valence-corrected chi connectivity index (χ3v) is 3.63. The molecule has 0 heteroatoms. The van der Waals surface area contributed by atoms with Crippen molar-refractivity contribution in [3.63, 3.8) is 0 Å². The van der Waals surface area contributed by atoms with E-state index in [1.807, 2.05) is 6.08 Å². The topological polar surface area (TPSA) is 0 Å². The second-order valence-corrected chi connectivity index (χ2v) is 5.17. The number of hydrogen-bond acceptors (Lipinski definition) is 0. The van der Waals surface area contributed by atoms with Gasteiger partial charge in [-0.25, -0.2) is 0 Å². The van der Waals surface area contributed by atoms with Crippen molar-refractivity contribution in [1.29, 1.82) is 0 Å². The minimum Gasteiger partial charge on any atom is -0.0985 e. The standard InChI is InChI=1S/C19H28/c1-5-9-16(8-4)18-12-14-19(15-13-18)17(10-6-2)11-7-3/h8-9,12-15,17H,4-7,10-11H2,1-3H3/b16-9+. The fourth-order valence-corrected chi connectivity index (χ4v) is 2.66. The maximum atomic E-state index is 3.90. The first kappa shape index (κ1) is 15.8. The Morgan fingerprint density at radius 2 is 1.63 bits per heavy atom. The molecule has 0 spiro atoms. The minimum absolute atomic E-state index is 0.728. The zero-order chi connectivity index (χ0) is 14.1. The van der Waals surface area contributed by atoms with E-state index < -0.39 is 0 Å². The SMILES string of the molecule is C=C/C(=C\CC)c1ccc(C(CCC)CCC)cc1. The Morgan fingerprint density at radius 3 is 2.05 bits per heavy atom. The number of allylic oxidation sites excluding steroid dienone is 3. The summed E-state index contributed by atoms with van der Waals surface area (Å²) >= 11 is 0. The summed E-state index contributed by atoms with van der Waals surface area (Å²) in [6.07, 6.45) is 10.4. The molecule has 0 aromatic heterocycles. The Labute approximate surface area is 119 Å². The van der Waals surface area contributed by atoms with Crippen LogP contribution in [0.4, 0.5) is 0 Å². The van der Waals surface area contributed by atoms with Crippen molar-refractivity contribution >= 4 is 5.57 Å². The summed E-state index contributed by atoms with van der Waals surface area (Å²) in [4.78, 5) is 0. The molecule has 104 valence electrons. The van der Waals surface area contributed by atoms with E-state index in [-0.39, 0.29) is 0 Å². The third-order valence-electron chi connectivity index (χ3n) is 3.63. The molecule has 0 aliphatic rings. The zero-order valence-corrected chi connectivity index (χ0v) is 12.8. The van der Waals surface area contributed by atoms with Crippen molar-refractivity contribution in [1.82, 2.24) is 0 Å². The molecule has 0 bridgehead atoms. The summed E-state index contributed by atoms with van der Waals surface area (Å²) in [5, 5.41) is 0. The van der Waals surface area contributed by atoms with Gasteiger partial charge in [0.2, 0.25) is 0 Å². The monoisotopic (exact) mass is 256 g/mol. The molecule has 0 fully saturated rings. The Morgan fingerprint density at radius 1 is 1.05 bits per heavy atom. The van der Waals surface area contributed by atoms with Crippen LogP contribution in [0.3, 0.4) is 0 Å². The highest BCUT2D eigenvalue weighted by atomic mass is 14.1. The van der Waals surface area contributed by atoms with Gasteiger partial charge >= 0.3 is 0 Å². The van der Waals surface area contributed by atoms with Crippen LogP contribution in [0.15, 0.2) is 43.0 Å². The van der Waals surface area contributed by atoms with E-state index >= 15 is 0 Å². The third kappa shape index (κ3) is 4.70. The van der Waals surface area contributed by atoms with Gasteiger partial charge < -0.3 is 0 Å². The van der Waals surface area contributed by atoms with Crippen LogP contribution < -0.4 is 0 Å². The van der Waals surface area contributed by atoms with Crippen LogP contribution in [0.1, 0.15) is 69.9 Å². The zero-order valence-electron chi connectivity index (χ0n) is 12.8. The van der Waals surface area contributed by atoms with Crippen molar-refractivity contribution in [2.45, 2.75) is 58.8 Å². The molecule has 0 saturated heterocycles. The van der Waals surface area contributed by atoms with E-state index in [1.54, 1.807) is 0 Å². The van der Waals surface area contributed by atoms with Crippen LogP contribution in [0.25, 0.3) is 5.57 Å². The largest absolute Gasteiger partial charge is 0.0985 e. The number of hydrogen-bond donors (Lipinski definition) is 0. The smallest absolute Gasteiger partial charge is 0.0162 e. The molecule has 1 aromatic carbocycles. The molecule has 0 N–H and O–H groups in total. The van der Waals surface area contributed by atoms with Gasteiger partial charge in [-0.15, -0.1) is 0 Å². The summed E-state index contributed by atoms with van der Waals surface area (Å²) in [7, 11) is 0. The Balaban J connectivity index is 2.90. The predicted octanol–water partition coefficient (Wildman–Crippen LogP) is 6.35. The van der Waals surface area contributed by atoms with E-state index in [0.29, 0.717) is 0 Å². The fourth-order valence-electron chi connectivity index (χ4n) is 2.66. The number of benzene rings is 1. The Kier molecular flexibility index (Phi) is 7.25. The highest BCUT2D eigenvalue weighted by molar-refractivity contribution is 5.73. The van der Waals surface area contributed by atoms with Gasteiger partial charge in [-0.05, 0) is 41.9 Å². The Bertz CT molecular complexity index is 389. The van der Waals surface area contributed by atoms with Gasteiger partial charge in [-0.1, -0.05) is 76.6 Å². The predicted molar refractivity (Wildman–Crippen MR) is 87.5 cm³/mol. The molecule has 0 atom stereocenters. The van der Waals surface area contributed by atoms with Crippen LogP contribution in [-0.4, -0.2) is 0 Å². The lowest BCUT2D eigenvalue weighted by Crippen LogP contribution is -1.98. The molecule has 0 aliphatic carbocycles. The molecule has 0 aliphatic heterocycles. The lowest BCUT2D eigenvalue weighted by atomic mass is 9.89. The summed E-state index contributed by atoms with van der Waals surface area (Å²) in [6, 6.07) is 9.10. The van der Waals surface area contributed by atoms with E-state index in [2.05, 4.69) is 57.7 Å². The van der Waals surface area contributed by atoms with Gasteiger partial charge in [0.1, 0.15) is 0 Å². The van der Waals surface area contributed by atoms with Gasteiger partial charge in [0, 0.05) is 0 Å². The maximum absolute atomic E-state index is 3.90. The summed E-state index contributed by atoms with van der Waals surface area (Å²) < 4.78 is 0. The van der Waals surface area contributed by atoms with Crippen LogP contribution in [-0.2, 0) is 0 Å². The highest BCUT2D eigenvalue weighted by Crippen LogP contribution is 2.27. The fraction of sp³-hybridized carbons (Fsp3) is 0.474. The summed E-state index contributed by atoms with van der Waals surface area (Å²) in [5.74, 6) is 0.728. The van der Waals surface area contributed by atoms with Gasteiger partial charge in [0.15, 0.2) is 0 Å². The lowest BCUT2D eigenvalue weighted by Gasteiger charge is -2.16. The second kappa shape index (κ2) is 8.74. The van der Waals surface area contributed by atoms with Gasteiger partial charge in [0.25, 0.3) is 0 Å². The Hall–Kier alpha value is -1.30. The molecule has 0 heterocycles. The first-order chi connectivity index (χ1) is 9.26. The molecule has 1 rings (SSSR count). The number of rotatable bonds is 8. The average molecular weight is 256 g/mol. The molecule has 19 heavy (non-hydrogen) atoms. The van der Waals surface area contributed by atoms with Crippen molar-refractivity contribution in [3.8, 4) is 0 Å². The molecule has 0 nitrogen and oxygen atoms in total. The van der Waals surface area contributed by atoms with Crippen molar-refractivity contribution in [2.24, 2.45) is 0 Å². The first-order valence-corrected chi connectivity index (χ1v) is 7.69. The molecular formula is C19H28. The first-order valence-electron chi connectivity index (χ1n) is 7.69. The lowest BCUT2D eigenvalue weighted by molar-refractivity contribution is 0.561. The molecule has 0 saturated carbocycles. The van der Waals surface area contributed by atoms with Crippen LogP contribution in [0, 0.1) is 0 Å². The molecule has 0 unspecified atom stereocenters. The molecule has 0 amide bonds. The molecule has 0 radical (unpaired) electrons. The van der Waals surface area contributed by atoms with Crippen LogP contribution in [0.5, 0.6) is 0 Å². The van der Waals surface area contributed by atoms with Gasteiger partial charge in [-0.3, -0.25) is 0 Å². The molecular weight excluding hydrogens is 228 g/mol. The van der Waals surface area contributed by atoms with E-state index in [1.165, 1.54) is 42.4 Å². The van der Waals surface area contributed by atoms with E-state index in [0.717, 1.165) is 12.3 Å².